The molecule has 0 heterocycles. The number of hydrogen-bond donors (Lipinski definition) is 0. The summed E-state index contributed by atoms with van der Waals surface area (Å²) in [4.78, 5) is 38.2. The molecule has 6 nitrogen and oxygen atoms in total. The van der Waals surface area contributed by atoms with E-state index in [9.17, 15) is 14.4 Å². The SMILES string of the molecule is CCCCCCCCC/C=C\CCCCCCCCCC(=O)OCC(COC(=O)CCCCCCCCCCCCCCC)OC(=O)CCCCCCCCCCCCCCCCCCC. The van der Waals surface area contributed by atoms with Crippen LogP contribution in [0.5, 0.6) is 0 Å². The van der Waals surface area contributed by atoms with Gasteiger partial charge in [0, 0.05) is 19.3 Å². The zero-order valence-corrected chi connectivity index (χ0v) is 44.7. The molecule has 1 atom stereocenters. The van der Waals surface area contributed by atoms with Crippen molar-refractivity contribution in [3.8, 4) is 0 Å². The van der Waals surface area contributed by atoms with Crippen LogP contribution in [0, 0.1) is 0 Å². The Labute approximate surface area is 411 Å². The summed E-state index contributed by atoms with van der Waals surface area (Å²) in [5.74, 6) is -0.844. The Hall–Kier alpha value is -1.85. The van der Waals surface area contributed by atoms with Crippen molar-refractivity contribution in [2.24, 2.45) is 0 Å². The van der Waals surface area contributed by atoms with E-state index in [1.165, 1.54) is 238 Å². The molecule has 0 aromatic carbocycles. The zero-order chi connectivity index (χ0) is 47.9. The van der Waals surface area contributed by atoms with Gasteiger partial charge in [-0.1, -0.05) is 283 Å². The average molecular weight is 932 g/mol. The van der Waals surface area contributed by atoms with Gasteiger partial charge in [0.05, 0.1) is 0 Å². The number of ether oxygens (including phenoxy) is 3. The third-order valence-electron chi connectivity index (χ3n) is 13.5. The molecule has 0 aliphatic heterocycles. The Bertz CT molecular complexity index is 1020. The maximum absolute atomic E-state index is 12.9. The van der Waals surface area contributed by atoms with Gasteiger partial charge in [-0.2, -0.15) is 0 Å². The van der Waals surface area contributed by atoms with Gasteiger partial charge in [-0.25, -0.2) is 0 Å². The second kappa shape index (κ2) is 55.7. The smallest absolute Gasteiger partial charge is 0.306 e. The van der Waals surface area contributed by atoms with E-state index in [0.29, 0.717) is 19.3 Å². The van der Waals surface area contributed by atoms with Crippen LogP contribution < -0.4 is 0 Å². The second-order valence-corrected chi connectivity index (χ2v) is 20.3. The third-order valence-corrected chi connectivity index (χ3v) is 13.5. The zero-order valence-electron chi connectivity index (χ0n) is 44.7. The lowest BCUT2D eigenvalue weighted by Gasteiger charge is -2.18. The number of unbranched alkanes of at least 4 members (excludes halogenated alkanes) is 42. The Kier molecular flexibility index (Phi) is 54.2. The van der Waals surface area contributed by atoms with E-state index in [-0.39, 0.29) is 31.1 Å². The molecular weight excluding hydrogens is 817 g/mol. The number of carbonyl (C=O) groups excluding carboxylic acids is 3. The highest BCUT2D eigenvalue weighted by Gasteiger charge is 2.19. The van der Waals surface area contributed by atoms with Crippen molar-refractivity contribution in [3.05, 3.63) is 12.2 Å². The Morgan fingerprint density at radius 2 is 0.500 bits per heavy atom. The van der Waals surface area contributed by atoms with Gasteiger partial charge in [0.1, 0.15) is 13.2 Å². The van der Waals surface area contributed by atoms with Crippen LogP contribution in [-0.2, 0) is 28.6 Å². The molecule has 0 fully saturated rings. The summed E-state index contributed by atoms with van der Waals surface area (Å²) >= 11 is 0. The number of rotatable bonds is 55. The molecule has 1 unspecified atom stereocenters. The van der Waals surface area contributed by atoms with Crippen molar-refractivity contribution >= 4 is 17.9 Å². The molecule has 0 aliphatic carbocycles. The molecule has 0 aliphatic rings. The molecule has 0 rings (SSSR count). The molecule has 0 saturated heterocycles. The highest BCUT2D eigenvalue weighted by Crippen LogP contribution is 2.17. The topological polar surface area (TPSA) is 78.9 Å². The van der Waals surface area contributed by atoms with E-state index < -0.39 is 6.10 Å². The fourth-order valence-electron chi connectivity index (χ4n) is 9.03. The first-order chi connectivity index (χ1) is 32.5. The molecule has 390 valence electrons. The van der Waals surface area contributed by atoms with Gasteiger partial charge in [-0.05, 0) is 44.9 Å². The first kappa shape index (κ1) is 64.2. The maximum Gasteiger partial charge on any atom is 0.306 e. The largest absolute Gasteiger partial charge is 0.462 e. The summed E-state index contributed by atoms with van der Waals surface area (Å²) in [5, 5.41) is 0. The molecule has 0 spiro atoms. The van der Waals surface area contributed by atoms with Crippen molar-refractivity contribution in [1.82, 2.24) is 0 Å². The summed E-state index contributed by atoms with van der Waals surface area (Å²) in [7, 11) is 0. The minimum Gasteiger partial charge on any atom is -0.462 e. The van der Waals surface area contributed by atoms with Gasteiger partial charge < -0.3 is 14.2 Å². The normalized spacial score (nSPS) is 12.0. The van der Waals surface area contributed by atoms with E-state index in [2.05, 4.69) is 32.9 Å². The molecule has 6 heteroatoms. The minimum absolute atomic E-state index is 0.0651. The van der Waals surface area contributed by atoms with Crippen LogP contribution in [0.2, 0.25) is 0 Å². The van der Waals surface area contributed by atoms with Gasteiger partial charge in [-0.3, -0.25) is 14.4 Å². The molecule has 0 amide bonds. The lowest BCUT2D eigenvalue weighted by Crippen LogP contribution is -2.30. The summed E-state index contributed by atoms with van der Waals surface area (Å²) < 4.78 is 16.9. The van der Waals surface area contributed by atoms with Crippen molar-refractivity contribution in [1.29, 1.82) is 0 Å². The van der Waals surface area contributed by atoms with Gasteiger partial charge in [-0.15, -0.1) is 0 Å². The predicted octanol–water partition coefficient (Wildman–Crippen LogP) is 19.7. The van der Waals surface area contributed by atoms with Crippen LogP contribution in [0.15, 0.2) is 12.2 Å². The highest BCUT2D eigenvalue weighted by molar-refractivity contribution is 5.71. The third kappa shape index (κ3) is 53.1. The number of carbonyl (C=O) groups is 3. The van der Waals surface area contributed by atoms with Gasteiger partial charge >= 0.3 is 17.9 Å². The molecule has 66 heavy (non-hydrogen) atoms. The van der Waals surface area contributed by atoms with Gasteiger partial charge in [0.25, 0.3) is 0 Å². The van der Waals surface area contributed by atoms with Gasteiger partial charge in [0.2, 0.25) is 0 Å². The molecule has 0 bridgehead atoms. The Morgan fingerprint density at radius 3 is 0.758 bits per heavy atom. The van der Waals surface area contributed by atoms with E-state index in [0.717, 1.165) is 57.8 Å². The summed E-state index contributed by atoms with van der Waals surface area (Å²) in [6.45, 7) is 6.69. The van der Waals surface area contributed by atoms with Crippen molar-refractivity contribution < 1.29 is 28.6 Å². The fraction of sp³-hybridized carbons (Fsp3) is 0.917. The van der Waals surface area contributed by atoms with Crippen LogP contribution in [-0.4, -0.2) is 37.2 Å². The van der Waals surface area contributed by atoms with Crippen molar-refractivity contribution in [2.75, 3.05) is 13.2 Å². The van der Waals surface area contributed by atoms with E-state index in [1.54, 1.807) is 0 Å². The molecule has 0 radical (unpaired) electrons. The van der Waals surface area contributed by atoms with Crippen LogP contribution in [0.25, 0.3) is 0 Å². The number of allylic oxidation sites excluding steroid dienone is 2. The van der Waals surface area contributed by atoms with Crippen LogP contribution >= 0.6 is 0 Å². The summed E-state index contributed by atoms with van der Waals surface area (Å²) in [6, 6.07) is 0. The van der Waals surface area contributed by atoms with Crippen LogP contribution in [0.3, 0.4) is 0 Å². The first-order valence-corrected chi connectivity index (χ1v) is 29.7. The fourth-order valence-corrected chi connectivity index (χ4v) is 9.03. The lowest BCUT2D eigenvalue weighted by molar-refractivity contribution is -0.167. The molecular formula is C60H114O6. The number of esters is 3. The molecule has 0 aromatic heterocycles. The quantitative estimate of drug-likeness (QED) is 0.0262. The average Bonchev–Trinajstić information content (AvgIpc) is 3.31. The maximum atomic E-state index is 12.9. The van der Waals surface area contributed by atoms with E-state index in [4.69, 9.17) is 14.2 Å². The van der Waals surface area contributed by atoms with Crippen molar-refractivity contribution in [3.63, 3.8) is 0 Å². The van der Waals surface area contributed by atoms with E-state index >= 15 is 0 Å². The van der Waals surface area contributed by atoms with Crippen molar-refractivity contribution in [2.45, 2.75) is 341 Å². The monoisotopic (exact) mass is 931 g/mol. The number of hydrogen-bond acceptors (Lipinski definition) is 6. The summed E-state index contributed by atoms with van der Waals surface area (Å²) in [5.41, 5.74) is 0. The Morgan fingerprint density at radius 1 is 0.288 bits per heavy atom. The lowest BCUT2D eigenvalue weighted by atomic mass is 10.0. The highest BCUT2D eigenvalue weighted by atomic mass is 16.6. The minimum atomic E-state index is -0.766. The summed E-state index contributed by atoms with van der Waals surface area (Å²) in [6.07, 6.45) is 63.4. The second-order valence-electron chi connectivity index (χ2n) is 20.3. The van der Waals surface area contributed by atoms with E-state index in [1.807, 2.05) is 0 Å². The first-order valence-electron chi connectivity index (χ1n) is 29.7. The molecule has 0 aromatic rings. The molecule has 0 saturated carbocycles. The standard InChI is InChI=1S/C60H114O6/c1-4-7-10-13-16-19-22-25-27-29-31-32-35-38-41-44-47-50-53-59(62)65-56-57(55-64-58(61)52-49-46-43-40-37-34-24-21-18-15-12-9-6-3)66-60(63)54-51-48-45-42-39-36-33-30-28-26-23-20-17-14-11-8-5-2/h27,29,57H,4-26,28,30-56H2,1-3H3/b29-27-. The predicted molar refractivity (Wildman–Crippen MR) is 284 cm³/mol. The van der Waals surface area contributed by atoms with Gasteiger partial charge in [0.15, 0.2) is 6.10 Å². The van der Waals surface area contributed by atoms with Crippen LogP contribution in [0.4, 0.5) is 0 Å². The van der Waals surface area contributed by atoms with Crippen LogP contribution in [0.1, 0.15) is 335 Å². The Balaban J connectivity index is 4.30. The molecule has 0 N–H and O–H groups in total.